The maximum atomic E-state index is 13.2. The van der Waals surface area contributed by atoms with Crippen molar-refractivity contribution >= 4 is 71.6 Å². The Bertz CT molecular complexity index is 1540. The van der Waals surface area contributed by atoms with Crippen LogP contribution in [0.2, 0.25) is 0 Å². The molecular weight excluding hydrogens is 618 g/mol. The Morgan fingerprint density at radius 2 is 1.59 bits per heavy atom. The van der Waals surface area contributed by atoms with Gasteiger partial charge in [0.25, 0.3) is 11.1 Å². The number of fused-ring (bicyclic) bond motifs is 1. The minimum atomic E-state index is -0.324. The molecule has 1 aliphatic heterocycles. The highest BCUT2D eigenvalue weighted by Gasteiger charge is 2.35. The molecular formula is C29H21Br2NO4S. The van der Waals surface area contributed by atoms with Gasteiger partial charge < -0.3 is 9.47 Å². The molecule has 0 atom stereocenters. The van der Waals surface area contributed by atoms with Crippen LogP contribution in [-0.4, -0.2) is 23.2 Å². The van der Waals surface area contributed by atoms with Crippen molar-refractivity contribution < 1.29 is 19.1 Å². The van der Waals surface area contributed by atoms with Gasteiger partial charge >= 0.3 is 0 Å². The zero-order valence-electron chi connectivity index (χ0n) is 19.7. The van der Waals surface area contributed by atoms with Crippen LogP contribution < -0.4 is 9.47 Å². The average Bonchev–Trinajstić information content (AvgIpc) is 3.18. The Morgan fingerprint density at radius 3 is 2.35 bits per heavy atom. The summed E-state index contributed by atoms with van der Waals surface area (Å²) in [7, 11) is 1.56. The van der Waals surface area contributed by atoms with Gasteiger partial charge in [-0.2, -0.15) is 0 Å². The van der Waals surface area contributed by atoms with Gasteiger partial charge in [0.1, 0.15) is 6.61 Å². The average molecular weight is 639 g/mol. The SMILES string of the molecule is COc1cc(/C=C2\SC(=O)N(Cc3ccc4ccccc4c3)C2=O)c(Br)c(Br)c1OCc1ccccc1. The first-order chi connectivity index (χ1) is 17.9. The molecule has 0 aliphatic carbocycles. The molecule has 5 rings (SSSR count). The summed E-state index contributed by atoms with van der Waals surface area (Å²) >= 11 is 8.14. The number of carbonyl (C=O) groups excluding carboxylic acids is 2. The van der Waals surface area contributed by atoms with Gasteiger partial charge in [0.2, 0.25) is 0 Å². The van der Waals surface area contributed by atoms with Crippen molar-refractivity contribution in [3.8, 4) is 11.5 Å². The van der Waals surface area contributed by atoms with Crippen molar-refractivity contribution in [2.75, 3.05) is 7.11 Å². The van der Waals surface area contributed by atoms with E-state index in [0.717, 1.165) is 33.7 Å². The molecule has 0 unspecified atom stereocenters. The molecule has 0 saturated carbocycles. The topological polar surface area (TPSA) is 55.8 Å². The molecule has 1 heterocycles. The molecule has 8 heteroatoms. The minimum Gasteiger partial charge on any atom is -0.493 e. The lowest BCUT2D eigenvalue weighted by molar-refractivity contribution is -0.123. The van der Waals surface area contributed by atoms with E-state index in [2.05, 4.69) is 31.9 Å². The van der Waals surface area contributed by atoms with Crippen molar-refractivity contribution in [3.63, 3.8) is 0 Å². The molecule has 4 aromatic carbocycles. The molecule has 1 saturated heterocycles. The van der Waals surface area contributed by atoms with Crippen LogP contribution in [0.1, 0.15) is 16.7 Å². The number of halogens is 2. The van der Waals surface area contributed by atoms with Gasteiger partial charge in [-0.1, -0.05) is 66.7 Å². The van der Waals surface area contributed by atoms with Crippen molar-refractivity contribution in [1.82, 2.24) is 4.90 Å². The maximum absolute atomic E-state index is 13.2. The molecule has 1 aliphatic rings. The molecule has 0 bridgehead atoms. The Morgan fingerprint density at radius 1 is 0.865 bits per heavy atom. The zero-order valence-corrected chi connectivity index (χ0v) is 23.7. The summed E-state index contributed by atoms with van der Waals surface area (Å²) in [6, 6.07) is 25.6. The summed E-state index contributed by atoms with van der Waals surface area (Å²) in [5, 5.41) is 1.88. The number of imide groups is 1. The molecule has 4 aromatic rings. The van der Waals surface area contributed by atoms with Crippen LogP contribution in [0, 0.1) is 0 Å². The first-order valence-electron chi connectivity index (χ1n) is 11.4. The number of ether oxygens (including phenoxy) is 2. The monoisotopic (exact) mass is 637 g/mol. The largest absolute Gasteiger partial charge is 0.493 e. The van der Waals surface area contributed by atoms with Gasteiger partial charge in [0.05, 0.1) is 23.0 Å². The molecule has 0 radical (unpaired) electrons. The van der Waals surface area contributed by atoms with Crippen LogP contribution in [0.4, 0.5) is 4.79 Å². The van der Waals surface area contributed by atoms with Crippen LogP contribution in [0.5, 0.6) is 11.5 Å². The smallest absolute Gasteiger partial charge is 0.293 e. The van der Waals surface area contributed by atoms with Gasteiger partial charge in [-0.3, -0.25) is 14.5 Å². The molecule has 0 aromatic heterocycles. The van der Waals surface area contributed by atoms with Crippen LogP contribution in [0.3, 0.4) is 0 Å². The number of carbonyl (C=O) groups is 2. The highest BCUT2D eigenvalue weighted by molar-refractivity contribution is 9.13. The van der Waals surface area contributed by atoms with Gasteiger partial charge in [0, 0.05) is 4.47 Å². The Kier molecular flexibility index (Phi) is 7.69. The lowest BCUT2D eigenvalue weighted by atomic mass is 10.1. The second-order valence-electron chi connectivity index (χ2n) is 8.35. The lowest BCUT2D eigenvalue weighted by Gasteiger charge is -2.16. The zero-order chi connectivity index (χ0) is 25.9. The second kappa shape index (κ2) is 11.1. The number of rotatable bonds is 7. The first-order valence-corrected chi connectivity index (χ1v) is 13.8. The number of amides is 2. The number of nitrogens with zero attached hydrogens (tertiary/aromatic N) is 1. The Balaban J connectivity index is 1.38. The van der Waals surface area contributed by atoms with Gasteiger partial charge in [-0.25, -0.2) is 0 Å². The molecule has 1 fully saturated rings. The maximum Gasteiger partial charge on any atom is 0.293 e. The Labute approximate surface area is 235 Å². The number of benzene rings is 4. The van der Waals surface area contributed by atoms with Crippen molar-refractivity contribution in [1.29, 1.82) is 0 Å². The minimum absolute atomic E-state index is 0.216. The summed E-state index contributed by atoms with van der Waals surface area (Å²) in [6.45, 7) is 0.586. The molecule has 5 nitrogen and oxygen atoms in total. The summed E-state index contributed by atoms with van der Waals surface area (Å²) in [6.07, 6.45) is 1.70. The van der Waals surface area contributed by atoms with E-state index >= 15 is 0 Å². The van der Waals surface area contributed by atoms with E-state index in [0.29, 0.717) is 37.5 Å². The lowest BCUT2D eigenvalue weighted by Crippen LogP contribution is -2.27. The summed E-state index contributed by atoms with van der Waals surface area (Å²) < 4.78 is 13.0. The van der Waals surface area contributed by atoms with E-state index in [1.807, 2.05) is 72.8 Å². The van der Waals surface area contributed by atoms with E-state index in [9.17, 15) is 9.59 Å². The number of thioether (sulfide) groups is 1. The number of hydrogen-bond acceptors (Lipinski definition) is 5. The van der Waals surface area contributed by atoms with E-state index in [1.165, 1.54) is 4.90 Å². The fourth-order valence-corrected chi connectivity index (χ4v) is 5.80. The molecule has 0 spiro atoms. The summed E-state index contributed by atoms with van der Waals surface area (Å²) in [5.41, 5.74) is 2.61. The molecule has 0 N–H and O–H groups in total. The van der Waals surface area contributed by atoms with E-state index in [4.69, 9.17) is 9.47 Å². The van der Waals surface area contributed by atoms with Gasteiger partial charge in [-0.05, 0) is 89.3 Å². The first kappa shape index (κ1) is 25.6. The highest BCUT2D eigenvalue weighted by atomic mass is 79.9. The van der Waals surface area contributed by atoms with E-state index in [1.54, 1.807) is 19.3 Å². The predicted octanol–water partition coefficient (Wildman–Crippen LogP) is 8.19. The molecule has 186 valence electrons. The second-order valence-corrected chi connectivity index (χ2v) is 10.9. The third kappa shape index (κ3) is 5.46. The van der Waals surface area contributed by atoms with Crippen molar-refractivity contribution in [2.24, 2.45) is 0 Å². The van der Waals surface area contributed by atoms with Crippen LogP contribution in [0.25, 0.3) is 16.8 Å². The number of methoxy groups -OCH3 is 1. The predicted molar refractivity (Wildman–Crippen MR) is 155 cm³/mol. The van der Waals surface area contributed by atoms with Crippen molar-refractivity contribution in [3.05, 3.63) is 109 Å². The molecule has 2 amide bonds. The van der Waals surface area contributed by atoms with Crippen LogP contribution >= 0.6 is 43.6 Å². The fourth-order valence-electron chi connectivity index (χ4n) is 4.02. The van der Waals surface area contributed by atoms with E-state index < -0.39 is 0 Å². The third-order valence-electron chi connectivity index (χ3n) is 5.92. The quantitative estimate of drug-likeness (QED) is 0.191. The fraction of sp³-hybridized carbons (Fsp3) is 0.103. The third-order valence-corrected chi connectivity index (χ3v) is 8.97. The van der Waals surface area contributed by atoms with E-state index in [-0.39, 0.29) is 17.7 Å². The Hall–Kier alpha value is -3.07. The summed E-state index contributed by atoms with van der Waals surface area (Å²) in [5.74, 6) is 0.724. The normalized spacial score (nSPS) is 14.6. The van der Waals surface area contributed by atoms with Crippen LogP contribution in [-0.2, 0) is 17.9 Å². The highest BCUT2D eigenvalue weighted by Crippen LogP contribution is 2.45. The van der Waals surface area contributed by atoms with Crippen LogP contribution in [0.15, 0.2) is 92.7 Å². The number of hydrogen-bond donors (Lipinski definition) is 0. The van der Waals surface area contributed by atoms with Crippen molar-refractivity contribution in [2.45, 2.75) is 13.2 Å². The molecule has 37 heavy (non-hydrogen) atoms. The van der Waals surface area contributed by atoms with Gasteiger partial charge in [-0.15, -0.1) is 0 Å². The standard InChI is InChI=1S/C29H21Br2NO4S/c1-35-23-14-22(25(30)26(31)27(23)36-17-18-7-3-2-4-8-18)15-24-28(33)32(29(34)37-24)16-19-11-12-20-9-5-6-10-21(20)13-19/h2-15H,16-17H2,1H3/b24-15-. The summed E-state index contributed by atoms with van der Waals surface area (Å²) in [4.78, 5) is 27.6. The van der Waals surface area contributed by atoms with Gasteiger partial charge in [0.15, 0.2) is 11.5 Å².